The van der Waals surface area contributed by atoms with E-state index in [0.29, 0.717) is 13.0 Å². The Labute approximate surface area is 154 Å². The molecule has 0 saturated carbocycles. The van der Waals surface area contributed by atoms with Gasteiger partial charge in [-0.1, -0.05) is 30.3 Å². The van der Waals surface area contributed by atoms with Crippen LogP contribution in [0.2, 0.25) is 0 Å². The molecule has 1 heterocycles. The zero-order chi connectivity index (χ0) is 18.7. The highest BCUT2D eigenvalue weighted by Gasteiger charge is 2.26. The molecule has 2 atom stereocenters. The van der Waals surface area contributed by atoms with Crippen molar-refractivity contribution in [1.82, 2.24) is 10.6 Å². The fourth-order valence-corrected chi connectivity index (χ4v) is 3.32. The van der Waals surface area contributed by atoms with Crippen molar-refractivity contribution in [3.05, 3.63) is 64.7 Å². The molecule has 2 aromatic carbocycles. The molecule has 5 heteroatoms. The number of amides is 2. The lowest BCUT2D eigenvalue weighted by molar-refractivity contribution is -0.127. The Bertz CT molecular complexity index is 812. The summed E-state index contributed by atoms with van der Waals surface area (Å²) >= 11 is 0. The summed E-state index contributed by atoms with van der Waals surface area (Å²) < 4.78 is 0. The van der Waals surface area contributed by atoms with E-state index >= 15 is 0 Å². The van der Waals surface area contributed by atoms with E-state index in [1.165, 1.54) is 11.1 Å². The summed E-state index contributed by atoms with van der Waals surface area (Å²) in [7, 11) is 0. The number of anilines is 1. The third-order valence-corrected chi connectivity index (χ3v) is 4.64. The standard InChI is InChI=1S/C21H25N3O2/c1-13-8-14(2)10-18(9-13)24-20(25)15(3)23-21(26)19-11-16-6-4-5-7-17(16)12-22-19/h4-10,15,19,22H,11-12H2,1-3H3,(H,23,26)(H,24,25)/t15-,19-/m0/s1. The van der Waals surface area contributed by atoms with Gasteiger partial charge in [0.2, 0.25) is 11.8 Å². The number of rotatable bonds is 4. The van der Waals surface area contributed by atoms with E-state index < -0.39 is 6.04 Å². The number of hydrogen-bond acceptors (Lipinski definition) is 3. The van der Waals surface area contributed by atoms with E-state index in [4.69, 9.17) is 0 Å². The van der Waals surface area contributed by atoms with Crippen LogP contribution < -0.4 is 16.0 Å². The van der Waals surface area contributed by atoms with Crippen molar-refractivity contribution >= 4 is 17.5 Å². The summed E-state index contributed by atoms with van der Waals surface area (Å²) in [4.78, 5) is 24.9. The van der Waals surface area contributed by atoms with Crippen LogP contribution >= 0.6 is 0 Å². The molecule has 1 aliphatic heterocycles. The van der Waals surface area contributed by atoms with Crippen molar-refractivity contribution in [2.75, 3.05) is 5.32 Å². The second kappa shape index (κ2) is 7.70. The zero-order valence-corrected chi connectivity index (χ0v) is 15.4. The first-order chi connectivity index (χ1) is 12.4. The van der Waals surface area contributed by atoms with Crippen LogP contribution in [-0.4, -0.2) is 23.9 Å². The molecule has 0 fully saturated rings. The Kier molecular flexibility index (Phi) is 5.38. The fourth-order valence-electron chi connectivity index (χ4n) is 3.32. The van der Waals surface area contributed by atoms with Crippen molar-refractivity contribution in [2.24, 2.45) is 0 Å². The van der Waals surface area contributed by atoms with E-state index in [-0.39, 0.29) is 17.9 Å². The molecule has 5 nitrogen and oxygen atoms in total. The van der Waals surface area contributed by atoms with Crippen molar-refractivity contribution < 1.29 is 9.59 Å². The highest BCUT2D eigenvalue weighted by Crippen LogP contribution is 2.17. The number of hydrogen-bond donors (Lipinski definition) is 3. The Morgan fingerprint density at radius 1 is 1.08 bits per heavy atom. The Morgan fingerprint density at radius 2 is 1.73 bits per heavy atom. The second-order valence-corrected chi connectivity index (χ2v) is 7.00. The summed E-state index contributed by atoms with van der Waals surface area (Å²) in [6.07, 6.45) is 0.632. The molecule has 0 bridgehead atoms. The molecule has 0 spiro atoms. The van der Waals surface area contributed by atoms with Gasteiger partial charge in [0.05, 0.1) is 6.04 Å². The molecular weight excluding hydrogens is 326 g/mol. The molecule has 3 N–H and O–H groups in total. The molecule has 0 aliphatic carbocycles. The number of carbonyl (C=O) groups excluding carboxylic acids is 2. The summed E-state index contributed by atoms with van der Waals surface area (Å²) in [5, 5.41) is 8.93. The van der Waals surface area contributed by atoms with Gasteiger partial charge in [0, 0.05) is 12.2 Å². The Hall–Kier alpha value is -2.66. The van der Waals surface area contributed by atoms with E-state index in [1.54, 1.807) is 6.92 Å². The van der Waals surface area contributed by atoms with Gasteiger partial charge in [-0.3, -0.25) is 9.59 Å². The molecule has 26 heavy (non-hydrogen) atoms. The molecule has 0 unspecified atom stereocenters. The average Bonchev–Trinajstić information content (AvgIpc) is 2.60. The van der Waals surface area contributed by atoms with Crippen LogP contribution in [0.4, 0.5) is 5.69 Å². The summed E-state index contributed by atoms with van der Waals surface area (Å²) in [5.41, 5.74) is 5.32. The van der Waals surface area contributed by atoms with E-state index in [9.17, 15) is 9.59 Å². The van der Waals surface area contributed by atoms with Crippen LogP contribution in [0.5, 0.6) is 0 Å². The zero-order valence-electron chi connectivity index (χ0n) is 15.4. The van der Waals surface area contributed by atoms with Gasteiger partial charge in [-0.25, -0.2) is 0 Å². The van der Waals surface area contributed by atoms with Crippen molar-refractivity contribution in [3.8, 4) is 0 Å². The maximum atomic E-state index is 12.5. The number of nitrogens with one attached hydrogen (secondary N) is 3. The largest absolute Gasteiger partial charge is 0.343 e. The van der Waals surface area contributed by atoms with Gasteiger partial charge in [-0.15, -0.1) is 0 Å². The van der Waals surface area contributed by atoms with Gasteiger partial charge < -0.3 is 16.0 Å². The monoisotopic (exact) mass is 351 g/mol. The van der Waals surface area contributed by atoms with Crippen LogP contribution in [0.3, 0.4) is 0 Å². The van der Waals surface area contributed by atoms with E-state index in [2.05, 4.69) is 22.0 Å². The van der Waals surface area contributed by atoms with Crippen LogP contribution in [0.25, 0.3) is 0 Å². The van der Waals surface area contributed by atoms with E-state index in [0.717, 1.165) is 16.8 Å². The molecule has 1 aliphatic rings. The van der Waals surface area contributed by atoms with Gasteiger partial charge in [0.25, 0.3) is 0 Å². The first-order valence-corrected chi connectivity index (χ1v) is 8.92. The summed E-state index contributed by atoms with van der Waals surface area (Å²) in [6.45, 7) is 6.34. The third-order valence-electron chi connectivity index (χ3n) is 4.64. The van der Waals surface area contributed by atoms with Crippen molar-refractivity contribution in [1.29, 1.82) is 0 Å². The molecule has 2 amide bonds. The lowest BCUT2D eigenvalue weighted by atomic mass is 9.95. The lowest BCUT2D eigenvalue weighted by Crippen LogP contribution is -2.52. The highest BCUT2D eigenvalue weighted by atomic mass is 16.2. The molecule has 0 radical (unpaired) electrons. The second-order valence-electron chi connectivity index (χ2n) is 7.00. The lowest BCUT2D eigenvalue weighted by Gasteiger charge is -2.26. The Morgan fingerprint density at radius 3 is 2.42 bits per heavy atom. The van der Waals surface area contributed by atoms with Gasteiger partial charge in [0.15, 0.2) is 0 Å². The first kappa shape index (κ1) is 18.1. The van der Waals surface area contributed by atoms with Gasteiger partial charge in [0.1, 0.15) is 6.04 Å². The van der Waals surface area contributed by atoms with Crippen LogP contribution in [0.15, 0.2) is 42.5 Å². The topological polar surface area (TPSA) is 70.2 Å². The van der Waals surface area contributed by atoms with E-state index in [1.807, 2.05) is 50.2 Å². The first-order valence-electron chi connectivity index (χ1n) is 8.92. The normalized spacial score (nSPS) is 17.1. The SMILES string of the molecule is Cc1cc(C)cc(NC(=O)[C@H](C)NC(=O)[C@@H]2Cc3ccccc3CN2)c1. The maximum absolute atomic E-state index is 12.5. The van der Waals surface area contributed by atoms with Gasteiger partial charge >= 0.3 is 0 Å². The van der Waals surface area contributed by atoms with Crippen LogP contribution in [-0.2, 0) is 22.6 Å². The predicted octanol–water partition coefficient (Wildman–Crippen LogP) is 2.46. The molecule has 0 saturated heterocycles. The Balaban J connectivity index is 1.58. The number of carbonyl (C=O) groups is 2. The van der Waals surface area contributed by atoms with Crippen LogP contribution in [0.1, 0.15) is 29.2 Å². The van der Waals surface area contributed by atoms with Crippen molar-refractivity contribution in [3.63, 3.8) is 0 Å². The van der Waals surface area contributed by atoms with Gasteiger partial charge in [-0.05, 0) is 61.6 Å². The molecule has 2 aromatic rings. The summed E-state index contributed by atoms with van der Waals surface area (Å²) in [6, 6.07) is 13.1. The molecule has 3 rings (SSSR count). The maximum Gasteiger partial charge on any atom is 0.246 e. The number of fused-ring (bicyclic) bond motifs is 1. The number of aryl methyl sites for hydroxylation is 2. The van der Waals surface area contributed by atoms with Gasteiger partial charge in [-0.2, -0.15) is 0 Å². The quantitative estimate of drug-likeness (QED) is 0.792. The minimum atomic E-state index is -0.609. The third kappa shape index (κ3) is 4.29. The predicted molar refractivity (Wildman–Crippen MR) is 103 cm³/mol. The smallest absolute Gasteiger partial charge is 0.246 e. The minimum Gasteiger partial charge on any atom is -0.343 e. The molecular formula is C21H25N3O2. The molecule has 136 valence electrons. The average molecular weight is 351 g/mol. The van der Waals surface area contributed by atoms with Crippen LogP contribution in [0, 0.1) is 13.8 Å². The molecule has 0 aromatic heterocycles. The summed E-state index contributed by atoms with van der Waals surface area (Å²) in [5.74, 6) is -0.373. The fraction of sp³-hybridized carbons (Fsp3) is 0.333. The highest BCUT2D eigenvalue weighted by molar-refractivity contribution is 5.97. The van der Waals surface area contributed by atoms with Crippen molar-refractivity contribution in [2.45, 2.75) is 45.8 Å². The minimum absolute atomic E-state index is 0.150. The number of benzene rings is 2.